The summed E-state index contributed by atoms with van der Waals surface area (Å²) in [6, 6.07) is 20.1. The van der Waals surface area contributed by atoms with Crippen molar-refractivity contribution in [2.45, 2.75) is 6.61 Å². The maximum absolute atomic E-state index is 12.8. The van der Waals surface area contributed by atoms with Gasteiger partial charge in [-0.1, -0.05) is 41.9 Å². The van der Waals surface area contributed by atoms with E-state index in [1.807, 2.05) is 30.3 Å². The maximum atomic E-state index is 12.8. The smallest absolute Gasteiger partial charge is 0.269 e. The molecule has 28 heavy (non-hydrogen) atoms. The average molecular weight is 397 g/mol. The second kappa shape index (κ2) is 8.54. The number of rotatable bonds is 6. The van der Waals surface area contributed by atoms with Gasteiger partial charge in [-0.25, -0.2) is 0 Å². The summed E-state index contributed by atoms with van der Waals surface area (Å²) >= 11 is 6.10. The molecule has 0 saturated carbocycles. The lowest BCUT2D eigenvalue weighted by Crippen LogP contribution is -2.26. The number of amides is 1. The molecule has 0 aromatic heterocycles. The highest BCUT2D eigenvalue weighted by Gasteiger charge is 2.19. The lowest BCUT2D eigenvalue weighted by Gasteiger charge is -2.21. The molecule has 0 aliphatic rings. The standard InChI is InChI=1S/C21H17ClN2O4/c1-23(21(25)16-7-10-18(11-8-16)24(26)27)19-12-9-17(22)13-20(19)28-14-15-5-3-2-4-6-15/h2-13H,14H2,1H3. The van der Waals surface area contributed by atoms with Crippen molar-refractivity contribution in [3.05, 3.63) is 99.1 Å². The number of benzene rings is 3. The first-order valence-corrected chi connectivity index (χ1v) is 8.82. The van der Waals surface area contributed by atoms with Gasteiger partial charge in [0.15, 0.2) is 0 Å². The second-order valence-electron chi connectivity index (χ2n) is 6.05. The summed E-state index contributed by atoms with van der Waals surface area (Å²) < 4.78 is 5.89. The third kappa shape index (κ3) is 4.47. The van der Waals surface area contributed by atoms with E-state index in [2.05, 4.69) is 0 Å². The molecule has 142 valence electrons. The fourth-order valence-electron chi connectivity index (χ4n) is 2.64. The Morgan fingerprint density at radius 2 is 1.75 bits per heavy atom. The molecular formula is C21H17ClN2O4. The minimum absolute atomic E-state index is 0.0717. The summed E-state index contributed by atoms with van der Waals surface area (Å²) in [6.07, 6.45) is 0. The topological polar surface area (TPSA) is 72.7 Å². The van der Waals surface area contributed by atoms with Gasteiger partial charge >= 0.3 is 0 Å². The predicted octanol–water partition coefficient (Wildman–Crippen LogP) is 5.10. The van der Waals surface area contributed by atoms with Gasteiger partial charge in [0.25, 0.3) is 11.6 Å². The molecule has 0 saturated heterocycles. The van der Waals surface area contributed by atoms with E-state index in [0.717, 1.165) is 5.56 Å². The molecule has 0 aliphatic heterocycles. The summed E-state index contributed by atoms with van der Waals surface area (Å²) in [6.45, 7) is 0.327. The first kappa shape index (κ1) is 19.4. The van der Waals surface area contributed by atoms with Gasteiger partial charge in [0.05, 0.1) is 10.6 Å². The second-order valence-corrected chi connectivity index (χ2v) is 6.49. The van der Waals surface area contributed by atoms with Crippen molar-refractivity contribution >= 4 is 28.9 Å². The minimum Gasteiger partial charge on any atom is -0.487 e. The molecule has 0 N–H and O–H groups in total. The van der Waals surface area contributed by atoms with Crippen LogP contribution < -0.4 is 9.64 Å². The summed E-state index contributed by atoms with van der Waals surface area (Å²) in [4.78, 5) is 24.5. The Hall–Kier alpha value is -3.38. The van der Waals surface area contributed by atoms with E-state index in [4.69, 9.17) is 16.3 Å². The van der Waals surface area contributed by atoms with Crippen LogP contribution in [0.2, 0.25) is 5.02 Å². The highest BCUT2D eigenvalue weighted by Crippen LogP contribution is 2.32. The van der Waals surface area contributed by atoms with Gasteiger partial charge < -0.3 is 9.64 Å². The minimum atomic E-state index is -0.507. The number of anilines is 1. The zero-order valence-electron chi connectivity index (χ0n) is 15.0. The van der Waals surface area contributed by atoms with Gasteiger partial charge in [-0.15, -0.1) is 0 Å². The van der Waals surface area contributed by atoms with Gasteiger partial charge in [0.2, 0.25) is 0 Å². The van der Waals surface area contributed by atoms with Crippen molar-refractivity contribution in [2.75, 3.05) is 11.9 Å². The van der Waals surface area contributed by atoms with Crippen LogP contribution in [-0.2, 0) is 6.61 Å². The van der Waals surface area contributed by atoms with Crippen LogP contribution in [0.5, 0.6) is 5.75 Å². The molecule has 0 spiro atoms. The Labute approximate surface area is 167 Å². The van der Waals surface area contributed by atoms with E-state index in [-0.39, 0.29) is 11.6 Å². The molecule has 7 heteroatoms. The van der Waals surface area contributed by atoms with E-state index >= 15 is 0 Å². The Morgan fingerprint density at radius 1 is 1.07 bits per heavy atom. The van der Waals surface area contributed by atoms with Crippen LogP contribution in [0, 0.1) is 10.1 Å². The number of hydrogen-bond donors (Lipinski definition) is 0. The first-order valence-electron chi connectivity index (χ1n) is 8.44. The van der Waals surface area contributed by atoms with Gasteiger partial charge in [0.1, 0.15) is 12.4 Å². The number of halogens is 1. The normalized spacial score (nSPS) is 10.4. The van der Waals surface area contributed by atoms with E-state index in [0.29, 0.717) is 28.6 Å². The highest BCUT2D eigenvalue weighted by atomic mass is 35.5. The maximum Gasteiger partial charge on any atom is 0.269 e. The number of hydrogen-bond acceptors (Lipinski definition) is 4. The van der Waals surface area contributed by atoms with Crippen molar-refractivity contribution in [3.63, 3.8) is 0 Å². The average Bonchev–Trinajstić information content (AvgIpc) is 2.72. The largest absolute Gasteiger partial charge is 0.487 e. The van der Waals surface area contributed by atoms with Crippen molar-refractivity contribution in [1.29, 1.82) is 0 Å². The van der Waals surface area contributed by atoms with Crippen molar-refractivity contribution in [2.24, 2.45) is 0 Å². The van der Waals surface area contributed by atoms with E-state index in [9.17, 15) is 14.9 Å². The molecule has 0 bridgehead atoms. The van der Waals surface area contributed by atoms with Crippen LogP contribution >= 0.6 is 11.6 Å². The molecule has 3 rings (SSSR count). The molecule has 3 aromatic rings. The molecule has 0 heterocycles. The Morgan fingerprint density at radius 3 is 2.39 bits per heavy atom. The summed E-state index contributed by atoms with van der Waals surface area (Å²) in [5.41, 5.74) is 1.79. The molecule has 0 aliphatic carbocycles. The van der Waals surface area contributed by atoms with Crippen LogP contribution in [0.1, 0.15) is 15.9 Å². The summed E-state index contributed by atoms with van der Waals surface area (Å²) in [5, 5.41) is 11.3. The van der Waals surface area contributed by atoms with Gasteiger partial charge in [0, 0.05) is 35.8 Å². The van der Waals surface area contributed by atoms with Crippen LogP contribution in [0.15, 0.2) is 72.8 Å². The van der Waals surface area contributed by atoms with E-state index in [1.54, 1.807) is 25.2 Å². The highest BCUT2D eigenvalue weighted by molar-refractivity contribution is 6.30. The van der Waals surface area contributed by atoms with Gasteiger partial charge in [-0.05, 0) is 29.8 Å². The predicted molar refractivity (Wildman–Crippen MR) is 108 cm³/mol. The van der Waals surface area contributed by atoms with Crippen molar-refractivity contribution in [1.82, 2.24) is 0 Å². The van der Waals surface area contributed by atoms with Crippen molar-refractivity contribution < 1.29 is 14.5 Å². The number of nitrogens with zero attached hydrogens (tertiary/aromatic N) is 2. The summed E-state index contributed by atoms with van der Waals surface area (Å²) in [5.74, 6) is 0.149. The molecular weight excluding hydrogens is 380 g/mol. The molecule has 0 radical (unpaired) electrons. The monoisotopic (exact) mass is 396 g/mol. The Balaban J connectivity index is 1.83. The number of nitro benzene ring substituents is 1. The summed E-state index contributed by atoms with van der Waals surface area (Å²) in [7, 11) is 1.61. The number of ether oxygens (including phenoxy) is 1. The molecule has 0 fully saturated rings. The number of carbonyl (C=O) groups excluding carboxylic acids is 1. The molecule has 1 amide bonds. The lowest BCUT2D eigenvalue weighted by atomic mass is 10.1. The van der Waals surface area contributed by atoms with Gasteiger partial charge in [-0.3, -0.25) is 14.9 Å². The fourth-order valence-corrected chi connectivity index (χ4v) is 2.81. The van der Waals surface area contributed by atoms with E-state index in [1.165, 1.54) is 29.2 Å². The molecule has 0 unspecified atom stereocenters. The lowest BCUT2D eigenvalue weighted by molar-refractivity contribution is -0.384. The number of non-ortho nitro benzene ring substituents is 1. The Bertz CT molecular complexity index is 991. The van der Waals surface area contributed by atoms with Crippen LogP contribution in [0.4, 0.5) is 11.4 Å². The third-order valence-electron chi connectivity index (χ3n) is 4.15. The molecule has 0 atom stereocenters. The first-order chi connectivity index (χ1) is 13.5. The Kier molecular flexibility index (Phi) is 5.91. The third-order valence-corrected chi connectivity index (χ3v) is 4.39. The molecule has 6 nitrogen and oxygen atoms in total. The van der Waals surface area contributed by atoms with E-state index < -0.39 is 4.92 Å². The fraction of sp³-hybridized carbons (Fsp3) is 0.0952. The number of nitro groups is 1. The zero-order valence-corrected chi connectivity index (χ0v) is 15.8. The van der Waals surface area contributed by atoms with Crippen LogP contribution in [0.25, 0.3) is 0 Å². The van der Waals surface area contributed by atoms with Gasteiger partial charge in [-0.2, -0.15) is 0 Å². The number of carbonyl (C=O) groups is 1. The van der Waals surface area contributed by atoms with Crippen LogP contribution in [-0.4, -0.2) is 17.9 Å². The SMILES string of the molecule is CN(C(=O)c1ccc([N+](=O)[O-])cc1)c1ccc(Cl)cc1OCc1ccccc1. The van der Waals surface area contributed by atoms with Crippen molar-refractivity contribution in [3.8, 4) is 5.75 Å². The zero-order chi connectivity index (χ0) is 20.1. The quantitative estimate of drug-likeness (QED) is 0.429. The molecule has 3 aromatic carbocycles. The van der Waals surface area contributed by atoms with Crippen LogP contribution in [0.3, 0.4) is 0 Å².